The number of thiocarbonyl (C=S) groups is 1. The summed E-state index contributed by atoms with van der Waals surface area (Å²) >= 11 is 5.38. The van der Waals surface area contributed by atoms with Gasteiger partial charge in [-0.25, -0.2) is 0 Å². The summed E-state index contributed by atoms with van der Waals surface area (Å²) in [7, 11) is 2.09. The van der Waals surface area contributed by atoms with Gasteiger partial charge in [0.15, 0.2) is 5.11 Å². The summed E-state index contributed by atoms with van der Waals surface area (Å²) < 4.78 is 7.59. The second-order valence-electron chi connectivity index (χ2n) is 7.28. The Kier molecular flexibility index (Phi) is 6.74. The van der Waals surface area contributed by atoms with E-state index in [9.17, 15) is 0 Å². The Bertz CT molecular complexity index is 1020. The van der Waals surface area contributed by atoms with Gasteiger partial charge in [0, 0.05) is 49.7 Å². The first kappa shape index (κ1) is 20.5. The molecule has 0 unspecified atom stereocenters. The van der Waals surface area contributed by atoms with Crippen molar-refractivity contribution in [3.8, 4) is 11.3 Å². The summed E-state index contributed by atoms with van der Waals surface area (Å²) in [5.41, 5.74) is 7.49. The van der Waals surface area contributed by atoms with Gasteiger partial charge in [-0.15, -0.1) is 0 Å². The van der Waals surface area contributed by atoms with E-state index in [1.807, 2.05) is 12.3 Å². The lowest BCUT2D eigenvalue weighted by molar-refractivity contribution is 0.0389. The van der Waals surface area contributed by atoms with Gasteiger partial charge in [0.25, 0.3) is 0 Å². The van der Waals surface area contributed by atoms with Gasteiger partial charge < -0.3 is 14.6 Å². The Labute approximate surface area is 182 Å². The molecule has 3 aromatic rings. The number of nitrogens with zero attached hydrogens (tertiary/aromatic N) is 3. The monoisotopic (exact) mass is 421 g/mol. The van der Waals surface area contributed by atoms with Gasteiger partial charge in [-0.05, 0) is 23.8 Å². The summed E-state index contributed by atoms with van der Waals surface area (Å²) in [6, 6.07) is 18.8. The molecule has 4 rings (SSSR count). The molecule has 0 saturated carbocycles. The van der Waals surface area contributed by atoms with E-state index in [1.165, 1.54) is 5.52 Å². The highest BCUT2D eigenvalue weighted by molar-refractivity contribution is 7.80. The molecular formula is C23H27N5OS. The van der Waals surface area contributed by atoms with E-state index in [-0.39, 0.29) is 0 Å². The summed E-state index contributed by atoms with van der Waals surface area (Å²) in [6.07, 6.45) is 1.86. The largest absolute Gasteiger partial charge is 0.379 e. The van der Waals surface area contributed by atoms with Crippen LogP contribution < -0.4 is 10.7 Å². The van der Waals surface area contributed by atoms with Gasteiger partial charge in [0.05, 0.1) is 25.1 Å². The highest BCUT2D eigenvalue weighted by Gasteiger charge is 2.15. The third kappa shape index (κ3) is 4.70. The van der Waals surface area contributed by atoms with Gasteiger partial charge in [-0.1, -0.05) is 48.5 Å². The molecule has 1 aromatic heterocycles. The lowest BCUT2D eigenvalue weighted by Gasteiger charge is -2.26. The first-order chi connectivity index (χ1) is 14.7. The van der Waals surface area contributed by atoms with Crippen LogP contribution in [-0.2, 0) is 11.8 Å². The fourth-order valence-corrected chi connectivity index (χ4v) is 4.00. The maximum Gasteiger partial charge on any atom is 0.187 e. The zero-order valence-corrected chi connectivity index (χ0v) is 18.0. The Hall–Kier alpha value is -2.74. The molecule has 0 atom stereocenters. The van der Waals surface area contributed by atoms with Crippen LogP contribution in [0, 0.1) is 0 Å². The molecule has 1 aliphatic rings. The van der Waals surface area contributed by atoms with Crippen LogP contribution in [0.2, 0.25) is 0 Å². The molecule has 1 saturated heterocycles. The van der Waals surface area contributed by atoms with E-state index < -0.39 is 0 Å². The van der Waals surface area contributed by atoms with Crippen molar-refractivity contribution in [2.75, 3.05) is 39.4 Å². The van der Waals surface area contributed by atoms with Crippen molar-refractivity contribution in [3.63, 3.8) is 0 Å². The molecule has 1 aliphatic heterocycles. The second kappa shape index (κ2) is 9.84. The fraction of sp³-hybridized carbons (Fsp3) is 0.304. The van der Waals surface area contributed by atoms with E-state index in [4.69, 9.17) is 17.0 Å². The van der Waals surface area contributed by atoms with Crippen LogP contribution in [0.1, 0.15) is 5.56 Å². The van der Waals surface area contributed by atoms with Crippen molar-refractivity contribution >= 4 is 34.4 Å². The first-order valence-corrected chi connectivity index (χ1v) is 10.6. The van der Waals surface area contributed by atoms with Gasteiger partial charge in [-0.2, -0.15) is 5.10 Å². The van der Waals surface area contributed by atoms with Crippen molar-refractivity contribution in [1.82, 2.24) is 20.2 Å². The minimum atomic E-state index is 0.529. The lowest BCUT2D eigenvalue weighted by Crippen LogP contribution is -2.42. The van der Waals surface area contributed by atoms with Gasteiger partial charge >= 0.3 is 0 Å². The molecule has 1 fully saturated rings. The highest BCUT2D eigenvalue weighted by Crippen LogP contribution is 2.31. The maximum atomic E-state index is 5.38. The van der Waals surface area contributed by atoms with Crippen LogP contribution in [-0.4, -0.2) is 60.2 Å². The number of aromatic nitrogens is 1. The Morgan fingerprint density at radius 2 is 1.83 bits per heavy atom. The van der Waals surface area contributed by atoms with E-state index in [1.54, 1.807) is 0 Å². The zero-order valence-electron chi connectivity index (χ0n) is 17.2. The van der Waals surface area contributed by atoms with Crippen molar-refractivity contribution < 1.29 is 4.74 Å². The lowest BCUT2D eigenvalue weighted by atomic mass is 10.1. The molecule has 2 aromatic carbocycles. The predicted octanol–water partition coefficient (Wildman–Crippen LogP) is 2.98. The molecular weight excluding hydrogens is 394 g/mol. The fourth-order valence-electron chi connectivity index (χ4n) is 3.85. The van der Waals surface area contributed by atoms with Crippen molar-refractivity contribution in [3.05, 3.63) is 60.2 Å². The van der Waals surface area contributed by atoms with Crippen LogP contribution >= 0.6 is 12.2 Å². The molecule has 0 radical (unpaired) electrons. The third-order valence-electron chi connectivity index (χ3n) is 5.37. The molecule has 6 nitrogen and oxygen atoms in total. The van der Waals surface area contributed by atoms with E-state index in [0.717, 1.165) is 61.6 Å². The topological polar surface area (TPSA) is 53.8 Å². The molecule has 30 heavy (non-hydrogen) atoms. The minimum absolute atomic E-state index is 0.529. The SMILES string of the molecule is Cn1c(-c2ccccc2)c(/C=N\NC(=S)NCCN2CCOCC2)c2ccccc21. The Morgan fingerprint density at radius 1 is 1.10 bits per heavy atom. The molecule has 156 valence electrons. The van der Waals surface area contributed by atoms with Crippen LogP contribution in [0.5, 0.6) is 0 Å². The number of nitrogens with one attached hydrogen (secondary N) is 2. The quantitative estimate of drug-likeness (QED) is 0.364. The number of aryl methyl sites for hydroxylation is 1. The molecule has 0 spiro atoms. The number of ether oxygens (including phenoxy) is 1. The Balaban J connectivity index is 1.45. The molecule has 0 bridgehead atoms. The van der Waals surface area contributed by atoms with E-state index >= 15 is 0 Å². The predicted molar refractivity (Wildman–Crippen MR) is 127 cm³/mol. The molecule has 2 heterocycles. The summed E-state index contributed by atoms with van der Waals surface area (Å²) in [6.45, 7) is 5.29. The number of hydrogen-bond donors (Lipinski definition) is 2. The summed E-state index contributed by atoms with van der Waals surface area (Å²) in [4.78, 5) is 2.37. The van der Waals surface area contributed by atoms with Crippen molar-refractivity contribution in [2.24, 2.45) is 12.1 Å². The molecule has 0 amide bonds. The zero-order chi connectivity index (χ0) is 20.8. The molecule has 2 N–H and O–H groups in total. The van der Waals surface area contributed by atoms with Crippen LogP contribution in [0.4, 0.5) is 0 Å². The third-order valence-corrected chi connectivity index (χ3v) is 5.61. The van der Waals surface area contributed by atoms with Crippen molar-refractivity contribution in [1.29, 1.82) is 0 Å². The van der Waals surface area contributed by atoms with Gasteiger partial charge in [0.1, 0.15) is 0 Å². The maximum absolute atomic E-state index is 5.38. The number of hydrazone groups is 1. The number of rotatable bonds is 6. The Morgan fingerprint density at radius 3 is 2.63 bits per heavy atom. The number of morpholine rings is 1. The van der Waals surface area contributed by atoms with Crippen LogP contribution in [0.15, 0.2) is 59.7 Å². The van der Waals surface area contributed by atoms with Crippen LogP contribution in [0.25, 0.3) is 22.2 Å². The average Bonchev–Trinajstić information content (AvgIpc) is 3.07. The summed E-state index contributed by atoms with van der Waals surface area (Å²) in [5.74, 6) is 0. The molecule has 7 heteroatoms. The smallest absolute Gasteiger partial charge is 0.187 e. The number of hydrogen-bond acceptors (Lipinski definition) is 4. The minimum Gasteiger partial charge on any atom is -0.379 e. The second-order valence-corrected chi connectivity index (χ2v) is 7.69. The number of benzene rings is 2. The highest BCUT2D eigenvalue weighted by atomic mass is 32.1. The number of fused-ring (bicyclic) bond motifs is 1. The van der Waals surface area contributed by atoms with Gasteiger partial charge in [-0.3, -0.25) is 10.3 Å². The average molecular weight is 422 g/mol. The number of para-hydroxylation sites is 1. The van der Waals surface area contributed by atoms with E-state index in [2.05, 4.69) is 80.9 Å². The molecule has 0 aliphatic carbocycles. The van der Waals surface area contributed by atoms with E-state index in [0.29, 0.717) is 5.11 Å². The standard InChI is InChI=1S/C23H27N5OS/c1-27-21-10-6-5-9-19(21)20(22(27)18-7-3-2-4-8-18)17-25-26-23(30)24-11-12-28-13-15-29-16-14-28/h2-10,17H,11-16H2,1H3,(H2,24,26,30)/b25-17-. The normalized spacial score (nSPS) is 15.0. The summed E-state index contributed by atoms with van der Waals surface area (Å²) in [5, 5.41) is 9.35. The van der Waals surface area contributed by atoms with Crippen LogP contribution in [0.3, 0.4) is 0 Å². The van der Waals surface area contributed by atoms with Gasteiger partial charge in [0.2, 0.25) is 0 Å². The van der Waals surface area contributed by atoms with Crippen molar-refractivity contribution in [2.45, 2.75) is 0 Å². The first-order valence-electron chi connectivity index (χ1n) is 10.2.